The van der Waals surface area contributed by atoms with E-state index in [1.807, 2.05) is 0 Å². The minimum absolute atomic E-state index is 0.201. The molecule has 0 saturated carbocycles. The van der Waals surface area contributed by atoms with Crippen LogP contribution in [-0.4, -0.2) is 32.8 Å². The van der Waals surface area contributed by atoms with Gasteiger partial charge in [-0.2, -0.15) is 0 Å². The molecule has 2 aromatic rings. The summed E-state index contributed by atoms with van der Waals surface area (Å²) in [5.41, 5.74) is 1.10. The molecule has 0 aliphatic carbocycles. The number of thiazole rings is 1. The summed E-state index contributed by atoms with van der Waals surface area (Å²) in [6, 6.07) is 4.49. The molecule has 0 saturated heterocycles. The molecule has 0 N–H and O–H groups in total. The first-order valence-corrected chi connectivity index (χ1v) is 9.60. The van der Waals surface area contributed by atoms with Crippen LogP contribution in [0.2, 0.25) is 0 Å². The van der Waals surface area contributed by atoms with Gasteiger partial charge in [-0.3, -0.25) is 9.10 Å². The summed E-state index contributed by atoms with van der Waals surface area (Å²) in [4.78, 5) is 15.5. The standard InChI is InChI=1S/C16H20N2O4S2/c1-10(2)18(14-8-6-7-13(9-19)15(14)22-5)24(20,21)16-11(3)17-12(4)23-16/h6-10H,1-5H3. The minimum Gasteiger partial charge on any atom is -0.494 e. The zero-order valence-electron chi connectivity index (χ0n) is 14.2. The Labute approximate surface area is 146 Å². The van der Waals surface area contributed by atoms with Gasteiger partial charge in [0.05, 0.1) is 29.1 Å². The van der Waals surface area contributed by atoms with Crippen molar-refractivity contribution >= 4 is 33.3 Å². The van der Waals surface area contributed by atoms with Gasteiger partial charge in [-0.05, 0) is 39.8 Å². The van der Waals surface area contributed by atoms with Crippen molar-refractivity contribution in [2.24, 2.45) is 0 Å². The number of benzene rings is 1. The van der Waals surface area contributed by atoms with Crippen LogP contribution in [0, 0.1) is 13.8 Å². The van der Waals surface area contributed by atoms with Crippen LogP contribution in [0.3, 0.4) is 0 Å². The van der Waals surface area contributed by atoms with Crippen LogP contribution in [0.1, 0.15) is 34.9 Å². The lowest BCUT2D eigenvalue weighted by Gasteiger charge is -2.29. The number of hydrogen-bond donors (Lipinski definition) is 0. The number of anilines is 1. The fourth-order valence-electron chi connectivity index (χ4n) is 2.56. The average Bonchev–Trinajstić information content (AvgIpc) is 2.85. The quantitative estimate of drug-likeness (QED) is 0.732. The molecule has 8 heteroatoms. The van der Waals surface area contributed by atoms with Crippen molar-refractivity contribution in [2.75, 3.05) is 11.4 Å². The van der Waals surface area contributed by atoms with Crippen LogP contribution in [0.5, 0.6) is 5.75 Å². The van der Waals surface area contributed by atoms with E-state index in [1.54, 1.807) is 45.9 Å². The number of carbonyl (C=O) groups is 1. The van der Waals surface area contributed by atoms with Gasteiger partial charge >= 0.3 is 0 Å². The maximum Gasteiger partial charge on any atom is 0.276 e. The number of hydrogen-bond acceptors (Lipinski definition) is 6. The fourth-order valence-corrected chi connectivity index (χ4v) is 5.78. The van der Waals surface area contributed by atoms with Crippen LogP contribution in [0.15, 0.2) is 22.4 Å². The van der Waals surface area contributed by atoms with E-state index < -0.39 is 10.0 Å². The van der Waals surface area contributed by atoms with Gasteiger partial charge in [-0.25, -0.2) is 13.4 Å². The summed E-state index contributed by atoms with van der Waals surface area (Å²) in [7, 11) is -2.41. The lowest BCUT2D eigenvalue weighted by atomic mass is 10.1. The predicted octanol–water partition coefficient (Wildman–Crippen LogP) is 3.18. The van der Waals surface area contributed by atoms with Crippen LogP contribution >= 0.6 is 11.3 Å². The first kappa shape index (κ1) is 18.4. The molecule has 0 bridgehead atoms. The number of nitrogens with zero attached hydrogens (tertiary/aromatic N) is 2. The molecule has 0 fully saturated rings. The van der Waals surface area contributed by atoms with E-state index >= 15 is 0 Å². The fraction of sp³-hybridized carbons (Fsp3) is 0.375. The van der Waals surface area contributed by atoms with Crippen molar-refractivity contribution in [1.82, 2.24) is 4.98 Å². The first-order chi connectivity index (χ1) is 11.2. The zero-order valence-corrected chi connectivity index (χ0v) is 15.9. The summed E-state index contributed by atoms with van der Waals surface area (Å²) in [5, 5.41) is 0.684. The van der Waals surface area contributed by atoms with E-state index in [1.165, 1.54) is 11.4 Å². The molecule has 1 heterocycles. The molecule has 6 nitrogen and oxygen atoms in total. The van der Waals surface area contributed by atoms with Gasteiger partial charge in [-0.15, -0.1) is 11.3 Å². The number of carbonyl (C=O) groups excluding carboxylic acids is 1. The second-order valence-electron chi connectivity index (χ2n) is 5.52. The zero-order chi connectivity index (χ0) is 18.1. The lowest BCUT2D eigenvalue weighted by Crippen LogP contribution is -2.37. The molecule has 24 heavy (non-hydrogen) atoms. The third-order valence-electron chi connectivity index (χ3n) is 3.42. The third kappa shape index (κ3) is 3.16. The number of sulfonamides is 1. The van der Waals surface area contributed by atoms with Crippen LogP contribution in [0.25, 0.3) is 0 Å². The van der Waals surface area contributed by atoms with Gasteiger partial charge in [0.15, 0.2) is 16.2 Å². The predicted molar refractivity (Wildman–Crippen MR) is 94.8 cm³/mol. The normalized spacial score (nSPS) is 11.6. The monoisotopic (exact) mass is 368 g/mol. The number of rotatable bonds is 6. The molecule has 2 rings (SSSR count). The van der Waals surface area contributed by atoms with E-state index in [0.29, 0.717) is 28.2 Å². The average molecular weight is 368 g/mol. The Morgan fingerprint density at radius 2 is 1.96 bits per heavy atom. The Morgan fingerprint density at radius 1 is 1.29 bits per heavy atom. The third-order valence-corrected chi connectivity index (χ3v) is 7.07. The van der Waals surface area contributed by atoms with Gasteiger partial charge in [0.25, 0.3) is 10.0 Å². The van der Waals surface area contributed by atoms with Crippen molar-refractivity contribution in [1.29, 1.82) is 0 Å². The Balaban J connectivity index is 2.72. The van der Waals surface area contributed by atoms with E-state index in [9.17, 15) is 13.2 Å². The number of aromatic nitrogens is 1. The molecule has 0 radical (unpaired) electrons. The van der Waals surface area contributed by atoms with Crippen LogP contribution < -0.4 is 9.04 Å². The summed E-state index contributed by atoms with van der Waals surface area (Å²) in [5.74, 6) is 0.240. The Kier molecular flexibility index (Phi) is 5.29. The number of methoxy groups -OCH3 is 1. The molecular weight excluding hydrogens is 348 g/mol. The Hall–Kier alpha value is -1.93. The molecule has 130 valence electrons. The minimum atomic E-state index is -3.83. The first-order valence-electron chi connectivity index (χ1n) is 7.34. The molecule has 0 atom stereocenters. The Bertz CT molecular complexity index is 857. The molecule has 1 aromatic heterocycles. The molecule has 0 aliphatic heterocycles. The summed E-state index contributed by atoms with van der Waals surface area (Å²) < 4.78 is 33.3. The van der Waals surface area contributed by atoms with Crippen molar-refractivity contribution in [2.45, 2.75) is 37.9 Å². The van der Waals surface area contributed by atoms with Crippen molar-refractivity contribution in [3.63, 3.8) is 0 Å². The summed E-state index contributed by atoms with van der Waals surface area (Å²) >= 11 is 1.13. The van der Waals surface area contributed by atoms with Crippen LogP contribution in [-0.2, 0) is 10.0 Å². The second-order valence-corrected chi connectivity index (χ2v) is 8.73. The van der Waals surface area contributed by atoms with Gasteiger partial charge in [-0.1, -0.05) is 6.07 Å². The summed E-state index contributed by atoms with van der Waals surface area (Å²) in [6.07, 6.45) is 0.648. The van der Waals surface area contributed by atoms with Gasteiger partial charge < -0.3 is 4.74 Å². The number of aryl methyl sites for hydroxylation is 2. The second kappa shape index (κ2) is 6.90. The molecule has 0 amide bonds. The van der Waals surface area contributed by atoms with E-state index in [-0.39, 0.29) is 16.0 Å². The smallest absolute Gasteiger partial charge is 0.276 e. The Morgan fingerprint density at radius 3 is 2.42 bits per heavy atom. The number of aldehydes is 1. The molecule has 0 spiro atoms. The molecule has 0 unspecified atom stereocenters. The van der Waals surface area contributed by atoms with Crippen molar-refractivity contribution < 1.29 is 17.9 Å². The highest BCUT2D eigenvalue weighted by atomic mass is 32.2. The number of ether oxygens (including phenoxy) is 1. The maximum atomic E-state index is 13.2. The highest BCUT2D eigenvalue weighted by Gasteiger charge is 2.33. The van der Waals surface area contributed by atoms with E-state index in [0.717, 1.165) is 11.3 Å². The number of para-hydroxylation sites is 1. The van der Waals surface area contributed by atoms with Gasteiger partial charge in [0.1, 0.15) is 0 Å². The van der Waals surface area contributed by atoms with Crippen LogP contribution in [0.4, 0.5) is 5.69 Å². The van der Waals surface area contributed by atoms with Gasteiger partial charge in [0.2, 0.25) is 0 Å². The van der Waals surface area contributed by atoms with Crippen molar-refractivity contribution in [3.05, 3.63) is 34.5 Å². The van der Waals surface area contributed by atoms with E-state index in [2.05, 4.69) is 4.98 Å². The SMILES string of the molecule is COc1c(C=O)cccc1N(C(C)C)S(=O)(=O)c1sc(C)nc1C. The maximum absolute atomic E-state index is 13.2. The summed E-state index contributed by atoms with van der Waals surface area (Å²) in [6.45, 7) is 6.99. The molecular formula is C16H20N2O4S2. The molecule has 1 aromatic carbocycles. The van der Waals surface area contributed by atoms with Crippen molar-refractivity contribution in [3.8, 4) is 5.75 Å². The van der Waals surface area contributed by atoms with E-state index in [4.69, 9.17) is 4.74 Å². The largest absolute Gasteiger partial charge is 0.494 e. The topological polar surface area (TPSA) is 76.6 Å². The lowest BCUT2D eigenvalue weighted by molar-refractivity contribution is 0.112. The molecule has 0 aliphatic rings. The highest BCUT2D eigenvalue weighted by molar-refractivity contribution is 7.94. The highest BCUT2D eigenvalue weighted by Crippen LogP contribution is 2.38. The van der Waals surface area contributed by atoms with Gasteiger partial charge in [0, 0.05) is 6.04 Å².